The largest absolute Gasteiger partial charge is 0.385 e. The maximum atomic E-state index is 6.10. The van der Waals surface area contributed by atoms with E-state index in [-0.39, 0.29) is 0 Å². The summed E-state index contributed by atoms with van der Waals surface area (Å²) in [6, 6.07) is 5.85. The van der Waals surface area contributed by atoms with Crippen LogP contribution in [0.4, 0.5) is 5.69 Å². The predicted molar refractivity (Wildman–Crippen MR) is 70.8 cm³/mol. The molecule has 0 aromatic heterocycles. The molecule has 1 aromatic carbocycles. The molecular formula is C12H17Cl2NO. The van der Waals surface area contributed by atoms with Crippen molar-refractivity contribution in [1.29, 1.82) is 0 Å². The van der Waals surface area contributed by atoms with Gasteiger partial charge in [0.1, 0.15) is 0 Å². The van der Waals surface area contributed by atoms with E-state index >= 15 is 0 Å². The molecule has 0 aliphatic carbocycles. The highest BCUT2D eigenvalue weighted by Gasteiger charge is 2.09. The van der Waals surface area contributed by atoms with Gasteiger partial charge in [0.25, 0.3) is 0 Å². The van der Waals surface area contributed by atoms with Gasteiger partial charge in [-0.1, -0.05) is 17.7 Å². The van der Waals surface area contributed by atoms with Gasteiger partial charge >= 0.3 is 0 Å². The van der Waals surface area contributed by atoms with E-state index in [4.69, 9.17) is 27.9 Å². The fourth-order valence-electron chi connectivity index (χ4n) is 1.60. The van der Waals surface area contributed by atoms with Gasteiger partial charge in [0.05, 0.1) is 5.88 Å². The standard InChI is InChI=1S/C12H17Cl2NO/c1-15(7-4-8-16-2)12-6-3-5-11(14)10(12)9-13/h3,5-6H,4,7-9H2,1-2H3. The van der Waals surface area contributed by atoms with Crippen molar-refractivity contribution in [3.05, 3.63) is 28.8 Å². The fourth-order valence-corrected chi connectivity index (χ4v) is 2.19. The molecule has 1 aromatic rings. The summed E-state index contributed by atoms with van der Waals surface area (Å²) in [5.41, 5.74) is 2.09. The molecular weight excluding hydrogens is 245 g/mol. The summed E-state index contributed by atoms with van der Waals surface area (Å²) in [6.07, 6.45) is 0.987. The van der Waals surface area contributed by atoms with Crippen LogP contribution in [0.2, 0.25) is 5.02 Å². The molecule has 4 heteroatoms. The lowest BCUT2D eigenvalue weighted by Gasteiger charge is -2.22. The highest BCUT2D eigenvalue weighted by atomic mass is 35.5. The minimum atomic E-state index is 0.434. The van der Waals surface area contributed by atoms with E-state index in [1.54, 1.807) is 7.11 Å². The van der Waals surface area contributed by atoms with Crippen molar-refractivity contribution < 1.29 is 4.74 Å². The average molecular weight is 262 g/mol. The van der Waals surface area contributed by atoms with Gasteiger partial charge in [-0.05, 0) is 18.6 Å². The summed E-state index contributed by atoms with van der Waals surface area (Å²) in [5, 5.41) is 0.728. The van der Waals surface area contributed by atoms with Crippen molar-refractivity contribution in [3.63, 3.8) is 0 Å². The summed E-state index contributed by atoms with van der Waals surface area (Å²) in [5.74, 6) is 0.434. The van der Waals surface area contributed by atoms with Crippen molar-refractivity contribution >= 4 is 28.9 Å². The van der Waals surface area contributed by atoms with E-state index in [9.17, 15) is 0 Å². The van der Waals surface area contributed by atoms with Gasteiger partial charge in [0, 0.05) is 43.6 Å². The number of halogens is 2. The Labute approximate surface area is 107 Å². The zero-order valence-electron chi connectivity index (χ0n) is 9.67. The van der Waals surface area contributed by atoms with Crippen LogP contribution >= 0.6 is 23.2 Å². The highest BCUT2D eigenvalue weighted by molar-refractivity contribution is 6.32. The molecule has 0 unspecified atom stereocenters. The van der Waals surface area contributed by atoms with Crippen molar-refractivity contribution in [2.75, 3.05) is 32.2 Å². The van der Waals surface area contributed by atoms with Gasteiger partial charge < -0.3 is 9.64 Å². The summed E-state index contributed by atoms with van der Waals surface area (Å²) < 4.78 is 5.03. The summed E-state index contributed by atoms with van der Waals surface area (Å²) in [6.45, 7) is 1.69. The average Bonchev–Trinajstić information content (AvgIpc) is 2.29. The molecule has 0 heterocycles. The van der Waals surface area contributed by atoms with Crippen molar-refractivity contribution in [1.82, 2.24) is 0 Å². The third-order valence-corrected chi connectivity index (χ3v) is 3.10. The Bertz CT molecular complexity index is 331. The van der Waals surface area contributed by atoms with Gasteiger partial charge in [-0.2, -0.15) is 0 Å². The number of anilines is 1. The van der Waals surface area contributed by atoms with Gasteiger partial charge in [0.2, 0.25) is 0 Å². The van der Waals surface area contributed by atoms with Gasteiger partial charge in [-0.3, -0.25) is 0 Å². The molecule has 0 spiro atoms. The monoisotopic (exact) mass is 261 g/mol. The van der Waals surface area contributed by atoms with Gasteiger partial charge in [-0.15, -0.1) is 11.6 Å². The Morgan fingerprint density at radius 2 is 2.12 bits per heavy atom. The molecule has 0 radical (unpaired) electrons. The van der Waals surface area contributed by atoms with E-state index < -0.39 is 0 Å². The molecule has 0 amide bonds. The molecule has 0 N–H and O–H groups in total. The van der Waals surface area contributed by atoms with E-state index in [0.29, 0.717) is 5.88 Å². The first-order valence-electron chi connectivity index (χ1n) is 5.24. The van der Waals surface area contributed by atoms with Crippen LogP contribution in [0.3, 0.4) is 0 Å². The first-order valence-corrected chi connectivity index (χ1v) is 6.15. The van der Waals surface area contributed by atoms with Crippen LogP contribution in [-0.4, -0.2) is 27.3 Å². The maximum absolute atomic E-state index is 6.10. The summed E-state index contributed by atoms with van der Waals surface area (Å²) in [7, 11) is 3.75. The molecule has 0 saturated carbocycles. The Morgan fingerprint density at radius 1 is 1.38 bits per heavy atom. The highest BCUT2D eigenvalue weighted by Crippen LogP contribution is 2.28. The Morgan fingerprint density at radius 3 is 2.75 bits per heavy atom. The van der Waals surface area contributed by atoms with Gasteiger partial charge in [0.15, 0.2) is 0 Å². The van der Waals surface area contributed by atoms with Crippen LogP contribution in [0.5, 0.6) is 0 Å². The van der Waals surface area contributed by atoms with Crippen LogP contribution in [0.15, 0.2) is 18.2 Å². The van der Waals surface area contributed by atoms with E-state index in [0.717, 1.165) is 35.8 Å². The molecule has 1 rings (SSSR count). The number of ether oxygens (including phenoxy) is 1. The molecule has 0 bridgehead atoms. The molecule has 0 aliphatic heterocycles. The number of benzene rings is 1. The Kier molecular flexibility index (Phi) is 5.96. The van der Waals surface area contributed by atoms with Gasteiger partial charge in [-0.25, -0.2) is 0 Å². The molecule has 0 atom stereocenters. The van der Waals surface area contributed by atoms with E-state index in [2.05, 4.69) is 4.90 Å². The number of hydrogen-bond donors (Lipinski definition) is 0. The Balaban J connectivity index is 2.74. The summed E-state index contributed by atoms with van der Waals surface area (Å²) in [4.78, 5) is 2.16. The fraction of sp³-hybridized carbons (Fsp3) is 0.500. The van der Waals surface area contributed by atoms with Crippen LogP contribution in [0, 0.1) is 0 Å². The second-order valence-electron chi connectivity index (χ2n) is 3.64. The lowest BCUT2D eigenvalue weighted by atomic mass is 10.2. The maximum Gasteiger partial charge on any atom is 0.0509 e. The van der Waals surface area contributed by atoms with Crippen molar-refractivity contribution in [2.24, 2.45) is 0 Å². The number of rotatable bonds is 6. The molecule has 0 aliphatic rings. The molecule has 0 saturated heterocycles. The topological polar surface area (TPSA) is 12.5 Å². The van der Waals surface area contributed by atoms with Crippen LogP contribution in [0.25, 0.3) is 0 Å². The van der Waals surface area contributed by atoms with Crippen molar-refractivity contribution in [2.45, 2.75) is 12.3 Å². The van der Waals surface area contributed by atoms with Crippen LogP contribution in [0.1, 0.15) is 12.0 Å². The quantitative estimate of drug-likeness (QED) is 0.574. The normalized spacial score (nSPS) is 10.5. The van der Waals surface area contributed by atoms with Crippen molar-refractivity contribution in [3.8, 4) is 0 Å². The van der Waals surface area contributed by atoms with Crippen LogP contribution in [-0.2, 0) is 10.6 Å². The number of alkyl halides is 1. The van der Waals surface area contributed by atoms with E-state index in [1.807, 2.05) is 25.2 Å². The third-order valence-electron chi connectivity index (χ3n) is 2.48. The number of nitrogens with zero attached hydrogens (tertiary/aromatic N) is 1. The van der Waals surface area contributed by atoms with E-state index in [1.165, 1.54) is 0 Å². The zero-order chi connectivity index (χ0) is 12.0. The number of hydrogen-bond acceptors (Lipinski definition) is 2. The SMILES string of the molecule is COCCCN(C)c1cccc(Cl)c1CCl. The second-order valence-corrected chi connectivity index (χ2v) is 4.31. The second kappa shape index (κ2) is 7.00. The minimum absolute atomic E-state index is 0.434. The number of methoxy groups -OCH3 is 1. The molecule has 0 fully saturated rings. The van der Waals surface area contributed by atoms with Crippen LogP contribution < -0.4 is 4.90 Å². The third kappa shape index (κ3) is 3.55. The minimum Gasteiger partial charge on any atom is -0.385 e. The first-order chi connectivity index (χ1) is 7.70. The lowest BCUT2D eigenvalue weighted by Crippen LogP contribution is -2.21. The first kappa shape index (κ1) is 13.6. The molecule has 90 valence electrons. The zero-order valence-corrected chi connectivity index (χ0v) is 11.2. The Hall–Kier alpha value is -0.440. The molecule has 2 nitrogen and oxygen atoms in total. The molecule has 16 heavy (non-hydrogen) atoms. The predicted octanol–water partition coefficient (Wildman–Crippen LogP) is 3.55. The lowest BCUT2D eigenvalue weighted by molar-refractivity contribution is 0.196. The summed E-state index contributed by atoms with van der Waals surface area (Å²) >= 11 is 12.0. The smallest absolute Gasteiger partial charge is 0.0509 e.